The van der Waals surface area contributed by atoms with Crippen molar-refractivity contribution in [2.45, 2.75) is 26.5 Å². The Morgan fingerprint density at radius 3 is 2.23 bits per heavy atom. The third-order valence-electron chi connectivity index (χ3n) is 6.29. The van der Waals surface area contributed by atoms with Crippen molar-refractivity contribution in [3.8, 4) is 5.75 Å². The fourth-order valence-corrected chi connectivity index (χ4v) is 7.29. The highest BCUT2D eigenvalue weighted by Gasteiger charge is 2.25. The molecule has 0 spiro atoms. The fourth-order valence-electron chi connectivity index (χ4n) is 4.51. The molecule has 0 amide bonds. The van der Waals surface area contributed by atoms with Gasteiger partial charge >= 0.3 is 0 Å². The molecule has 0 fully saturated rings. The lowest BCUT2D eigenvalue weighted by Gasteiger charge is -2.15. The molecule has 1 heterocycles. The maximum atomic E-state index is 12.5. The number of fused-ring (bicyclic) bond motifs is 2. The molecule has 6 N–H and O–H groups in total. The molecule has 0 radical (unpaired) electrons. The van der Waals surface area contributed by atoms with E-state index >= 15 is 0 Å². The predicted molar refractivity (Wildman–Crippen MR) is 167 cm³/mol. The van der Waals surface area contributed by atoms with Gasteiger partial charge in [0.05, 0.1) is 27.5 Å². The van der Waals surface area contributed by atoms with Gasteiger partial charge in [0.15, 0.2) is 5.75 Å². The van der Waals surface area contributed by atoms with E-state index in [1.807, 2.05) is 0 Å². The van der Waals surface area contributed by atoms with Crippen molar-refractivity contribution in [3.05, 3.63) is 59.6 Å². The highest BCUT2D eigenvalue weighted by atomic mass is 35.5. The fraction of sp³-hybridized carbons (Fsp3) is 0.0417. The molecule has 0 saturated carbocycles. The summed E-state index contributed by atoms with van der Waals surface area (Å²) < 4.78 is 107. The van der Waals surface area contributed by atoms with Gasteiger partial charge in [-0.25, -0.2) is 10.2 Å². The monoisotopic (exact) mass is 760 g/mol. The molecule has 0 bridgehead atoms. The van der Waals surface area contributed by atoms with Gasteiger partial charge in [0.1, 0.15) is 27.0 Å². The summed E-state index contributed by atoms with van der Waals surface area (Å²) in [7, 11) is -14.8. The Hall–Kier alpha value is -4.14. The van der Waals surface area contributed by atoms with Gasteiger partial charge in [0.25, 0.3) is 30.4 Å². The molecular weight excluding hydrogens is 744 g/mol. The Kier molecular flexibility index (Phi) is 9.56. The zero-order chi connectivity index (χ0) is 35.2. The molecule has 0 saturated heterocycles. The molecule has 0 atom stereocenters. The van der Waals surface area contributed by atoms with Crippen LogP contribution in [0.1, 0.15) is 5.82 Å². The molecule has 0 unspecified atom stereocenters. The lowest BCUT2D eigenvalue weighted by molar-refractivity contribution is -0.432. The van der Waals surface area contributed by atoms with Gasteiger partial charge in [-0.05, 0) is 54.2 Å². The van der Waals surface area contributed by atoms with Crippen molar-refractivity contribution < 1.29 is 58.6 Å². The molecule has 24 heteroatoms. The Bertz CT molecular complexity index is 2480. The molecule has 48 heavy (non-hydrogen) atoms. The summed E-state index contributed by atoms with van der Waals surface area (Å²) in [5.41, 5.74) is -1.30. The highest BCUT2D eigenvalue weighted by Crippen LogP contribution is 2.48. The summed E-state index contributed by atoms with van der Waals surface area (Å²) in [4.78, 5) is 9.27. The Balaban J connectivity index is 1.79. The SMILES string of the molecule is Cc1nc(Cl)nc(Nc2cc(S(=O)(=O)O)cc3cc(SOOO)c(/N=N\c4ccc5c(S(=O)(=O)O)cccc5c4S(=O)(=O)O)c(O)c23)n1. The summed E-state index contributed by atoms with van der Waals surface area (Å²) >= 11 is 6.13. The van der Waals surface area contributed by atoms with E-state index in [-0.39, 0.29) is 61.2 Å². The van der Waals surface area contributed by atoms with Gasteiger partial charge in [-0.15, -0.1) is 14.6 Å². The molecule has 19 nitrogen and oxygen atoms in total. The molecule has 0 aliphatic heterocycles. The van der Waals surface area contributed by atoms with E-state index in [4.69, 9.17) is 16.9 Å². The van der Waals surface area contributed by atoms with Gasteiger partial charge in [0.2, 0.25) is 11.2 Å². The van der Waals surface area contributed by atoms with E-state index in [0.717, 1.165) is 48.5 Å². The number of nitrogens with one attached hydrogen (secondary N) is 1. The minimum atomic E-state index is -5.16. The molecule has 252 valence electrons. The minimum Gasteiger partial charge on any atom is -0.505 e. The molecule has 0 aliphatic carbocycles. The van der Waals surface area contributed by atoms with E-state index in [1.165, 1.54) is 6.92 Å². The second-order valence-electron chi connectivity index (χ2n) is 9.36. The number of hydrogen-bond acceptors (Lipinski definition) is 17. The normalized spacial score (nSPS) is 12.7. The molecule has 4 aromatic carbocycles. The third-order valence-corrected chi connectivity index (χ3v) is 9.76. The second-order valence-corrected chi connectivity index (χ2v) is 14.6. The van der Waals surface area contributed by atoms with E-state index < -0.39 is 62.2 Å². The third kappa shape index (κ3) is 7.30. The smallest absolute Gasteiger partial charge is 0.297 e. The zero-order valence-electron chi connectivity index (χ0n) is 23.4. The quantitative estimate of drug-likeness (QED) is 0.0351. The molecule has 5 aromatic rings. The van der Waals surface area contributed by atoms with Crippen LogP contribution < -0.4 is 5.32 Å². The van der Waals surface area contributed by atoms with Crippen LogP contribution in [0.25, 0.3) is 21.5 Å². The Morgan fingerprint density at radius 2 is 1.60 bits per heavy atom. The number of phenolic OH excluding ortho intramolecular Hbond substituents is 1. The van der Waals surface area contributed by atoms with Crippen LogP contribution in [0.2, 0.25) is 5.28 Å². The predicted octanol–water partition coefficient (Wildman–Crippen LogP) is 5.17. The molecule has 5 rings (SSSR count). The first-order valence-corrected chi connectivity index (χ1v) is 17.9. The minimum absolute atomic E-state index is 0.0907. The van der Waals surface area contributed by atoms with Crippen molar-refractivity contribution in [2.24, 2.45) is 10.2 Å². The van der Waals surface area contributed by atoms with Crippen LogP contribution in [0.3, 0.4) is 0 Å². The first kappa shape index (κ1) is 35.2. The van der Waals surface area contributed by atoms with E-state index in [9.17, 15) is 44.0 Å². The second kappa shape index (κ2) is 13.1. The summed E-state index contributed by atoms with van der Waals surface area (Å²) in [5.74, 6) is -0.831. The number of nitrogens with zero attached hydrogens (tertiary/aromatic N) is 5. The van der Waals surface area contributed by atoms with Crippen LogP contribution in [0, 0.1) is 6.92 Å². The number of anilines is 2. The van der Waals surface area contributed by atoms with Crippen molar-refractivity contribution >= 4 is 98.6 Å². The largest absolute Gasteiger partial charge is 0.505 e. The standard InChI is InChI=1S/C24H17ClN6O13S4/c1-10-26-23(25)29-24(27-10)28-16-9-12(46(34,35)36)7-11-8-17(45-44-43-33)20(21(32)19(11)16)31-30-15-6-5-13-14(22(15)48(40,41)42)3-2-4-18(13)47(37,38)39/h2-9,32-33H,1H3,(H,34,35,36)(H,37,38,39)(H,40,41,42)(H,26,27,28,29)/b31-30-. The topological polar surface area (TPSA) is 297 Å². The van der Waals surface area contributed by atoms with E-state index in [0.29, 0.717) is 0 Å². The molecule has 1 aromatic heterocycles. The van der Waals surface area contributed by atoms with Crippen LogP contribution in [-0.4, -0.2) is 64.2 Å². The van der Waals surface area contributed by atoms with Gasteiger partial charge in [-0.2, -0.15) is 35.2 Å². The summed E-state index contributed by atoms with van der Waals surface area (Å²) in [6.45, 7) is 1.48. The van der Waals surface area contributed by atoms with Crippen LogP contribution in [-0.2, 0) is 39.7 Å². The number of hydrogen-bond donors (Lipinski definition) is 6. The average molecular weight is 761 g/mol. The van der Waals surface area contributed by atoms with Crippen molar-refractivity contribution in [1.82, 2.24) is 15.0 Å². The highest BCUT2D eigenvalue weighted by molar-refractivity contribution is 7.94. The number of rotatable bonds is 10. The van der Waals surface area contributed by atoms with E-state index in [2.05, 4.69) is 39.9 Å². The summed E-state index contributed by atoms with van der Waals surface area (Å²) in [5, 5.41) is 33.1. The van der Waals surface area contributed by atoms with Crippen molar-refractivity contribution in [1.29, 1.82) is 0 Å². The number of halogens is 1. The number of benzene rings is 4. The number of aromatic hydroxyl groups is 1. The molecule has 0 aliphatic rings. The maximum Gasteiger partial charge on any atom is 0.297 e. The van der Waals surface area contributed by atoms with Crippen LogP contribution in [0.5, 0.6) is 5.75 Å². The van der Waals surface area contributed by atoms with Gasteiger partial charge < -0.3 is 10.4 Å². The summed E-state index contributed by atoms with van der Waals surface area (Å²) in [6.07, 6.45) is 0. The van der Waals surface area contributed by atoms with Crippen LogP contribution in [0.4, 0.5) is 23.0 Å². The first-order valence-electron chi connectivity index (χ1n) is 12.4. The first-order chi connectivity index (χ1) is 22.4. The van der Waals surface area contributed by atoms with Crippen LogP contribution in [0.15, 0.2) is 78.3 Å². The number of azo groups is 1. The van der Waals surface area contributed by atoms with Crippen LogP contribution >= 0.6 is 23.6 Å². The zero-order valence-corrected chi connectivity index (χ0v) is 27.4. The van der Waals surface area contributed by atoms with Crippen molar-refractivity contribution in [2.75, 3.05) is 5.32 Å². The average Bonchev–Trinajstić information content (AvgIpc) is 2.96. The number of phenols is 1. The van der Waals surface area contributed by atoms with Crippen molar-refractivity contribution in [3.63, 3.8) is 0 Å². The lowest BCUT2D eigenvalue weighted by Crippen LogP contribution is -2.04. The van der Waals surface area contributed by atoms with Gasteiger partial charge in [0, 0.05) is 16.2 Å². The Morgan fingerprint density at radius 1 is 0.875 bits per heavy atom. The number of aryl methyl sites for hydroxylation is 1. The lowest BCUT2D eigenvalue weighted by atomic mass is 10.1. The number of aromatic nitrogens is 3. The van der Waals surface area contributed by atoms with Gasteiger partial charge in [-0.3, -0.25) is 13.7 Å². The maximum absolute atomic E-state index is 12.5. The Labute approximate surface area is 278 Å². The molecular formula is C24H17ClN6O13S4. The summed E-state index contributed by atoms with van der Waals surface area (Å²) in [6, 6.07) is 8.30. The van der Waals surface area contributed by atoms with Gasteiger partial charge in [-0.1, -0.05) is 23.2 Å². The van der Waals surface area contributed by atoms with E-state index in [1.54, 1.807) is 0 Å².